The Bertz CT molecular complexity index is 357. The standard InChI is InChI=1S/C12H19N3O/c1-15-7-3-5-11(15)10-8-16-12(14-10)9-4-2-6-13-9/h8-9,11,13H,2-7H2,1H3. The van der Waals surface area contributed by atoms with Crippen molar-refractivity contribution >= 4 is 0 Å². The summed E-state index contributed by atoms with van der Waals surface area (Å²) in [5.74, 6) is 0.882. The van der Waals surface area contributed by atoms with Crippen molar-refractivity contribution in [3.8, 4) is 0 Å². The van der Waals surface area contributed by atoms with E-state index >= 15 is 0 Å². The average Bonchev–Trinajstić information content (AvgIpc) is 2.96. The summed E-state index contributed by atoms with van der Waals surface area (Å²) in [6, 6.07) is 0.819. The van der Waals surface area contributed by atoms with E-state index in [1.807, 2.05) is 6.26 Å². The first-order valence-corrected chi connectivity index (χ1v) is 6.23. The number of rotatable bonds is 2. The van der Waals surface area contributed by atoms with E-state index < -0.39 is 0 Å². The van der Waals surface area contributed by atoms with Gasteiger partial charge in [0.1, 0.15) is 6.26 Å². The first kappa shape index (κ1) is 10.3. The molecule has 0 amide bonds. The summed E-state index contributed by atoms with van der Waals surface area (Å²) in [6.45, 7) is 2.26. The summed E-state index contributed by atoms with van der Waals surface area (Å²) in [5, 5.41) is 3.42. The molecule has 3 heterocycles. The third-order valence-corrected chi connectivity index (χ3v) is 3.76. The monoisotopic (exact) mass is 221 g/mol. The fourth-order valence-electron chi connectivity index (χ4n) is 2.79. The lowest BCUT2D eigenvalue weighted by Gasteiger charge is -2.16. The SMILES string of the molecule is CN1CCCC1c1coc(C2CCCN2)n1. The van der Waals surface area contributed by atoms with Gasteiger partial charge in [0.15, 0.2) is 0 Å². The first-order chi connectivity index (χ1) is 7.84. The quantitative estimate of drug-likeness (QED) is 0.827. The highest BCUT2D eigenvalue weighted by molar-refractivity contribution is 5.08. The number of nitrogens with zero attached hydrogens (tertiary/aromatic N) is 2. The van der Waals surface area contributed by atoms with Gasteiger partial charge in [0, 0.05) is 0 Å². The van der Waals surface area contributed by atoms with Crippen LogP contribution in [0.4, 0.5) is 0 Å². The average molecular weight is 221 g/mol. The zero-order valence-corrected chi connectivity index (χ0v) is 9.78. The third kappa shape index (κ3) is 1.76. The van der Waals surface area contributed by atoms with Gasteiger partial charge in [0.25, 0.3) is 0 Å². The van der Waals surface area contributed by atoms with Crippen LogP contribution in [-0.4, -0.2) is 30.0 Å². The molecule has 2 unspecified atom stereocenters. The van der Waals surface area contributed by atoms with Crippen LogP contribution in [0.1, 0.15) is 49.4 Å². The molecule has 2 atom stereocenters. The molecule has 0 aromatic carbocycles. The molecule has 4 heteroatoms. The fraction of sp³-hybridized carbons (Fsp3) is 0.750. The van der Waals surface area contributed by atoms with Crippen LogP contribution in [0.3, 0.4) is 0 Å². The highest BCUT2D eigenvalue weighted by Crippen LogP contribution is 2.31. The maximum atomic E-state index is 5.61. The van der Waals surface area contributed by atoms with Crippen LogP contribution in [-0.2, 0) is 0 Å². The zero-order chi connectivity index (χ0) is 11.0. The summed E-state index contributed by atoms with van der Waals surface area (Å²) >= 11 is 0. The smallest absolute Gasteiger partial charge is 0.211 e. The minimum absolute atomic E-state index is 0.348. The Labute approximate surface area is 96.0 Å². The van der Waals surface area contributed by atoms with E-state index in [-0.39, 0.29) is 0 Å². The van der Waals surface area contributed by atoms with E-state index in [4.69, 9.17) is 4.42 Å². The molecule has 0 bridgehead atoms. The van der Waals surface area contributed by atoms with Crippen molar-refractivity contribution in [2.24, 2.45) is 0 Å². The summed E-state index contributed by atoms with van der Waals surface area (Å²) in [7, 11) is 2.17. The maximum Gasteiger partial charge on any atom is 0.211 e. The number of aromatic nitrogens is 1. The van der Waals surface area contributed by atoms with E-state index in [0.29, 0.717) is 12.1 Å². The van der Waals surface area contributed by atoms with E-state index in [2.05, 4.69) is 22.2 Å². The minimum Gasteiger partial charge on any atom is -0.447 e. The fourth-order valence-corrected chi connectivity index (χ4v) is 2.79. The van der Waals surface area contributed by atoms with Crippen molar-refractivity contribution in [3.05, 3.63) is 17.8 Å². The van der Waals surface area contributed by atoms with E-state index in [1.54, 1.807) is 0 Å². The molecule has 1 N–H and O–H groups in total. The van der Waals surface area contributed by atoms with E-state index in [9.17, 15) is 0 Å². The molecule has 0 aliphatic carbocycles. The molecule has 2 fully saturated rings. The number of oxazole rings is 1. The van der Waals surface area contributed by atoms with Crippen LogP contribution in [0.5, 0.6) is 0 Å². The molecule has 0 spiro atoms. The van der Waals surface area contributed by atoms with E-state index in [1.165, 1.54) is 25.8 Å². The molecule has 16 heavy (non-hydrogen) atoms. The summed E-state index contributed by atoms with van der Waals surface area (Å²) in [6.07, 6.45) is 6.71. The van der Waals surface area contributed by atoms with Crippen molar-refractivity contribution in [3.63, 3.8) is 0 Å². The molecule has 3 rings (SSSR count). The van der Waals surface area contributed by atoms with Crippen molar-refractivity contribution in [2.75, 3.05) is 20.1 Å². The Morgan fingerprint density at radius 2 is 2.38 bits per heavy atom. The first-order valence-electron chi connectivity index (χ1n) is 6.23. The Kier molecular flexibility index (Phi) is 2.69. The second kappa shape index (κ2) is 4.18. The molecule has 88 valence electrons. The molecule has 1 aromatic heterocycles. The van der Waals surface area contributed by atoms with Gasteiger partial charge in [-0.2, -0.15) is 0 Å². The summed E-state index contributed by atoms with van der Waals surface area (Å²) < 4.78 is 5.61. The predicted octanol–water partition coefficient (Wildman–Crippen LogP) is 1.87. The Hall–Kier alpha value is -0.870. The Morgan fingerprint density at radius 3 is 3.06 bits per heavy atom. The van der Waals surface area contributed by atoms with Gasteiger partial charge in [-0.15, -0.1) is 0 Å². The maximum absolute atomic E-state index is 5.61. The van der Waals surface area contributed by atoms with Crippen LogP contribution in [0.2, 0.25) is 0 Å². The Morgan fingerprint density at radius 1 is 1.44 bits per heavy atom. The van der Waals surface area contributed by atoms with Crippen molar-refractivity contribution in [1.29, 1.82) is 0 Å². The second-order valence-electron chi connectivity index (χ2n) is 4.90. The van der Waals surface area contributed by atoms with Gasteiger partial charge in [0.2, 0.25) is 5.89 Å². The van der Waals surface area contributed by atoms with Gasteiger partial charge < -0.3 is 9.73 Å². The molecule has 0 saturated carbocycles. The van der Waals surface area contributed by atoms with E-state index in [0.717, 1.165) is 24.6 Å². The molecule has 2 aliphatic heterocycles. The minimum atomic E-state index is 0.348. The summed E-state index contributed by atoms with van der Waals surface area (Å²) in [4.78, 5) is 7.02. The van der Waals surface area contributed by atoms with Gasteiger partial charge in [-0.05, 0) is 45.8 Å². The van der Waals surface area contributed by atoms with Gasteiger partial charge in [-0.3, -0.25) is 4.90 Å². The number of likely N-dealkylation sites (tertiary alicyclic amines) is 1. The van der Waals surface area contributed by atoms with Crippen molar-refractivity contribution in [1.82, 2.24) is 15.2 Å². The van der Waals surface area contributed by atoms with Gasteiger partial charge in [-0.1, -0.05) is 0 Å². The van der Waals surface area contributed by atoms with Crippen LogP contribution in [0.15, 0.2) is 10.7 Å². The van der Waals surface area contributed by atoms with Gasteiger partial charge >= 0.3 is 0 Å². The zero-order valence-electron chi connectivity index (χ0n) is 9.78. The van der Waals surface area contributed by atoms with Crippen molar-refractivity contribution in [2.45, 2.75) is 37.8 Å². The van der Waals surface area contributed by atoms with Crippen LogP contribution >= 0.6 is 0 Å². The predicted molar refractivity (Wildman–Crippen MR) is 61.1 cm³/mol. The third-order valence-electron chi connectivity index (χ3n) is 3.76. The largest absolute Gasteiger partial charge is 0.447 e. The lowest BCUT2D eigenvalue weighted by Crippen LogP contribution is -2.18. The second-order valence-corrected chi connectivity index (χ2v) is 4.90. The highest BCUT2D eigenvalue weighted by Gasteiger charge is 2.27. The lowest BCUT2D eigenvalue weighted by atomic mass is 10.2. The number of hydrogen-bond donors (Lipinski definition) is 1. The van der Waals surface area contributed by atoms with Crippen LogP contribution in [0, 0.1) is 0 Å². The Balaban J connectivity index is 1.76. The highest BCUT2D eigenvalue weighted by atomic mass is 16.3. The molecule has 0 radical (unpaired) electrons. The van der Waals surface area contributed by atoms with Crippen LogP contribution < -0.4 is 5.32 Å². The number of nitrogens with one attached hydrogen (secondary N) is 1. The molecule has 2 aliphatic rings. The normalized spacial score (nSPS) is 31.3. The van der Waals surface area contributed by atoms with Gasteiger partial charge in [-0.25, -0.2) is 4.98 Å². The number of hydrogen-bond acceptors (Lipinski definition) is 4. The van der Waals surface area contributed by atoms with Crippen molar-refractivity contribution < 1.29 is 4.42 Å². The molecular formula is C12H19N3O. The lowest BCUT2D eigenvalue weighted by molar-refractivity contribution is 0.311. The molecule has 4 nitrogen and oxygen atoms in total. The summed E-state index contributed by atoms with van der Waals surface area (Å²) in [5.41, 5.74) is 1.11. The molecular weight excluding hydrogens is 202 g/mol. The van der Waals surface area contributed by atoms with Gasteiger partial charge in [0.05, 0.1) is 17.8 Å². The topological polar surface area (TPSA) is 41.3 Å². The molecule has 1 aromatic rings. The van der Waals surface area contributed by atoms with Crippen LogP contribution in [0.25, 0.3) is 0 Å². The molecule has 2 saturated heterocycles.